The Labute approximate surface area is 138 Å². The van der Waals surface area contributed by atoms with Crippen molar-refractivity contribution in [2.45, 2.75) is 6.18 Å². The summed E-state index contributed by atoms with van der Waals surface area (Å²) >= 11 is 11.1. The van der Waals surface area contributed by atoms with E-state index in [0.717, 1.165) is 12.1 Å². The van der Waals surface area contributed by atoms with Gasteiger partial charge in [-0.25, -0.2) is 0 Å². The topological polar surface area (TPSA) is 37.3 Å². The Balaban J connectivity index is 2.48. The Bertz CT molecular complexity index is 1020. The van der Waals surface area contributed by atoms with Crippen molar-refractivity contribution >= 4 is 29.3 Å². The van der Waals surface area contributed by atoms with Crippen LogP contribution in [0.4, 0.5) is 13.2 Å². The van der Waals surface area contributed by atoms with Crippen LogP contribution in [-0.4, -0.2) is 9.38 Å². The van der Waals surface area contributed by atoms with E-state index in [1.807, 2.05) is 0 Å². The summed E-state index contributed by atoms with van der Waals surface area (Å²) < 4.78 is 40.3. The van der Waals surface area contributed by atoms with Crippen LogP contribution < -0.4 is 5.56 Å². The van der Waals surface area contributed by atoms with Crippen molar-refractivity contribution in [2.75, 3.05) is 0 Å². The fraction of sp³-hybridized carbons (Fsp3) is 0.0667. The maximum atomic E-state index is 13.0. The number of H-pyrrole nitrogens is 1. The summed E-state index contributed by atoms with van der Waals surface area (Å²) in [4.78, 5) is 14.7. The molecule has 0 bridgehead atoms. The number of nitrogens with zero attached hydrogens (tertiary/aromatic N) is 1. The van der Waals surface area contributed by atoms with Crippen molar-refractivity contribution in [1.82, 2.24) is 9.38 Å². The fourth-order valence-corrected chi connectivity index (χ4v) is 2.79. The number of nitrogens with one attached hydrogen (secondary N) is 1. The standard InChI is InChI=1S/C15H8ClF3N2OS/c16-10-4-2-1-3-9(10)12-11-7-8(15(17,18)19)5-6-21(11)14(23)20-13(12)22/h1-7H,(H,20,22,23). The fourth-order valence-electron chi connectivity index (χ4n) is 2.31. The van der Waals surface area contributed by atoms with Crippen molar-refractivity contribution in [1.29, 1.82) is 0 Å². The molecule has 8 heteroatoms. The van der Waals surface area contributed by atoms with E-state index in [-0.39, 0.29) is 20.9 Å². The van der Waals surface area contributed by atoms with Gasteiger partial charge in [-0.15, -0.1) is 0 Å². The molecular weight excluding hydrogens is 349 g/mol. The van der Waals surface area contributed by atoms with Gasteiger partial charge in [0.15, 0.2) is 4.77 Å². The number of hydrogen-bond acceptors (Lipinski definition) is 2. The van der Waals surface area contributed by atoms with Crippen LogP contribution in [0.15, 0.2) is 47.4 Å². The lowest BCUT2D eigenvalue weighted by atomic mass is 10.1. The summed E-state index contributed by atoms with van der Waals surface area (Å²) in [6.45, 7) is 0. The van der Waals surface area contributed by atoms with Crippen LogP contribution in [0.25, 0.3) is 16.6 Å². The highest BCUT2D eigenvalue weighted by Crippen LogP contribution is 2.33. The molecule has 0 amide bonds. The van der Waals surface area contributed by atoms with Crippen molar-refractivity contribution in [3.8, 4) is 11.1 Å². The zero-order valence-electron chi connectivity index (χ0n) is 11.3. The summed E-state index contributed by atoms with van der Waals surface area (Å²) in [5.41, 5.74) is -1.05. The largest absolute Gasteiger partial charge is 0.416 e. The highest BCUT2D eigenvalue weighted by Gasteiger charge is 2.31. The number of fused-ring (bicyclic) bond motifs is 1. The first kappa shape index (κ1) is 15.8. The van der Waals surface area contributed by atoms with Gasteiger partial charge in [-0.3, -0.25) is 14.2 Å². The van der Waals surface area contributed by atoms with Crippen molar-refractivity contribution in [2.24, 2.45) is 0 Å². The van der Waals surface area contributed by atoms with Crippen molar-refractivity contribution < 1.29 is 13.2 Å². The SMILES string of the molecule is O=c1[nH]c(=S)n2ccc(C(F)(F)F)cc2c1-c1ccccc1Cl. The van der Waals surface area contributed by atoms with Crippen LogP contribution in [0.5, 0.6) is 0 Å². The Hall–Kier alpha value is -2.12. The minimum atomic E-state index is -4.53. The zero-order valence-corrected chi connectivity index (χ0v) is 12.9. The normalized spacial score (nSPS) is 11.8. The number of pyridine rings is 1. The molecule has 118 valence electrons. The Kier molecular flexibility index (Phi) is 3.77. The lowest BCUT2D eigenvalue weighted by Gasteiger charge is -2.12. The van der Waals surface area contributed by atoms with Gasteiger partial charge in [-0.2, -0.15) is 13.2 Å². The Morgan fingerprint density at radius 3 is 2.52 bits per heavy atom. The van der Waals surface area contributed by atoms with Gasteiger partial charge in [-0.1, -0.05) is 29.8 Å². The lowest BCUT2D eigenvalue weighted by Crippen LogP contribution is -2.15. The van der Waals surface area contributed by atoms with Gasteiger partial charge in [0, 0.05) is 16.8 Å². The molecule has 0 radical (unpaired) electrons. The maximum Gasteiger partial charge on any atom is 0.416 e. The zero-order chi connectivity index (χ0) is 16.8. The number of benzene rings is 1. The number of rotatable bonds is 1. The van der Waals surface area contributed by atoms with Crippen LogP contribution >= 0.6 is 23.8 Å². The predicted molar refractivity (Wildman–Crippen MR) is 84.3 cm³/mol. The monoisotopic (exact) mass is 356 g/mol. The number of alkyl halides is 3. The van der Waals surface area contributed by atoms with E-state index in [1.165, 1.54) is 10.6 Å². The third kappa shape index (κ3) is 2.77. The van der Waals surface area contributed by atoms with Crippen molar-refractivity contribution in [3.05, 3.63) is 68.3 Å². The van der Waals surface area contributed by atoms with Crippen LogP contribution in [0.1, 0.15) is 5.56 Å². The average molecular weight is 357 g/mol. The van der Waals surface area contributed by atoms with Gasteiger partial charge in [0.1, 0.15) is 0 Å². The van der Waals surface area contributed by atoms with Crippen LogP contribution in [0.2, 0.25) is 5.02 Å². The highest BCUT2D eigenvalue weighted by molar-refractivity contribution is 7.71. The van der Waals surface area contributed by atoms with Gasteiger partial charge in [0.25, 0.3) is 5.56 Å². The Morgan fingerprint density at radius 2 is 1.87 bits per heavy atom. The average Bonchev–Trinajstić information content (AvgIpc) is 2.47. The number of aromatic amines is 1. The van der Waals surface area contributed by atoms with Gasteiger partial charge >= 0.3 is 6.18 Å². The minimum Gasteiger partial charge on any atom is -0.298 e. The molecular formula is C15H8ClF3N2OS. The molecule has 3 nitrogen and oxygen atoms in total. The van der Waals surface area contributed by atoms with E-state index in [1.54, 1.807) is 24.3 Å². The summed E-state index contributed by atoms with van der Waals surface area (Å²) in [5, 5.41) is 0.259. The third-order valence-electron chi connectivity index (χ3n) is 3.35. The number of halogens is 4. The Morgan fingerprint density at radius 1 is 1.17 bits per heavy atom. The van der Waals surface area contributed by atoms with Gasteiger partial charge < -0.3 is 0 Å². The molecule has 1 N–H and O–H groups in total. The van der Waals surface area contributed by atoms with Gasteiger partial charge in [0.2, 0.25) is 0 Å². The second-order valence-corrected chi connectivity index (χ2v) is 5.58. The van der Waals surface area contributed by atoms with E-state index < -0.39 is 17.3 Å². The molecule has 0 unspecified atom stereocenters. The molecule has 0 fully saturated rings. The molecule has 0 aliphatic carbocycles. The first-order valence-electron chi connectivity index (χ1n) is 6.40. The van der Waals surface area contributed by atoms with E-state index in [2.05, 4.69) is 4.98 Å². The quantitative estimate of drug-likeness (QED) is 0.642. The van der Waals surface area contributed by atoms with Crippen LogP contribution in [-0.2, 0) is 6.18 Å². The molecule has 2 heterocycles. The number of aromatic nitrogens is 2. The van der Waals surface area contributed by atoms with Crippen LogP contribution in [0, 0.1) is 4.77 Å². The van der Waals surface area contributed by atoms with E-state index >= 15 is 0 Å². The molecule has 3 rings (SSSR count). The molecule has 23 heavy (non-hydrogen) atoms. The highest BCUT2D eigenvalue weighted by atomic mass is 35.5. The molecule has 0 saturated heterocycles. The van der Waals surface area contributed by atoms with E-state index in [0.29, 0.717) is 5.56 Å². The lowest BCUT2D eigenvalue weighted by molar-refractivity contribution is -0.137. The smallest absolute Gasteiger partial charge is 0.298 e. The predicted octanol–water partition coefficient (Wildman–Crippen LogP) is 4.70. The second-order valence-electron chi connectivity index (χ2n) is 4.78. The molecule has 0 aliphatic heterocycles. The number of hydrogen-bond donors (Lipinski definition) is 1. The first-order chi connectivity index (χ1) is 10.8. The summed E-state index contributed by atoms with van der Waals surface area (Å²) in [7, 11) is 0. The van der Waals surface area contributed by atoms with Gasteiger partial charge in [-0.05, 0) is 30.4 Å². The molecule has 3 aromatic rings. The molecule has 0 atom stereocenters. The molecule has 0 aliphatic rings. The minimum absolute atomic E-state index is 0.00882. The maximum absolute atomic E-state index is 13.0. The van der Waals surface area contributed by atoms with Crippen LogP contribution in [0.3, 0.4) is 0 Å². The molecule has 0 spiro atoms. The summed E-state index contributed by atoms with van der Waals surface area (Å²) in [5.74, 6) is 0. The van der Waals surface area contributed by atoms with Gasteiger partial charge in [0.05, 0.1) is 16.6 Å². The molecule has 2 aromatic heterocycles. The third-order valence-corrected chi connectivity index (χ3v) is 3.98. The van der Waals surface area contributed by atoms with Crippen molar-refractivity contribution in [3.63, 3.8) is 0 Å². The first-order valence-corrected chi connectivity index (χ1v) is 7.18. The molecule has 0 saturated carbocycles. The summed E-state index contributed by atoms with van der Waals surface area (Å²) in [6, 6.07) is 8.23. The second kappa shape index (κ2) is 5.50. The summed E-state index contributed by atoms with van der Waals surface area (Å²) in [6.07, 6.45) is -3.35. The van der Waals surface area contributed by atoms with E-state index in [9.17, 15) is 18.0 Å². The molecule has 1 aromatic carbocycles. The van der Waals surface area contributed by atoms with E-state index in [4.69, 9.17) is 23.8 Å².